The fourth-order valence-electron chi connectivity index (χ4n) is 1.76. The van der Waals surface area contributed by atoms with Gasteiger partial charge in [-0.05, 0) is 24.2 Å². The summed E-state index contributed by atoms with van der Waals surface area (Å²) in [5.41, 5.74) is 0.888. The van der Waals surface area contributed by atoms with Gasteiger partial charge in [-0.1, -0.05) is 6.92 Å². The number of hydrogen-bond acceptors (Lipinski definition) is 3. The first-order valence-electron chi connectivity index (χ1n) is 6.36. The highest BCUT2D eigenvalue weighted by Gasteiger charge is 2.02. The zero-order chi connectivity index (χ0) is 13.5. The van der Waals surface area contributed by atoms with Crippen LogP contribution < -0.4 is 10.1 Å². The fraction of sp³-hybridized carbons (Fsp3) is 0.357. The minimum Gasteiger partial charge on any atom is -0.492 e. The molecule has 2 aromatic rings. The van der Waals surface area contributed by atoms with E-state index in [2.05, 4.69) is 10.3 Å². The van der Waals surface area contributed by atoms with Gasteiger partial charge in [-0.2, -0.15) is 0 Å². The summed E-state index contributed by atoms with van der Waals surface area (Å²) in [6.45, 7) is 4.70. The van der Waals surface area contributed by atoms with E-state index in [1.807, 2.05) is 23.8 Å². The maximum atomic E-state index is 13.4. The molecule has 0 unspecified atom stereocenters. The highest BCUT2D eigenvalue weighted by atomic mass is 19.1. The number of nitrogens with one attached hydrogen (secondary N) is 1. The standard InChI is InChI=1S/C14H18FN3O/c1-2-16-10-12-7-13(15)9-14(8-12)19-6-5-18-4-3-17-11-18/h3-4,7-9,11,16H,2,5-6,10H2,1H3. The van der Waals surface area contributed by atoms with Gasteiger partial charge in [-0.15, -0.1) is 0 Å². The van der Waals surface area contributed by atoms with Gasteiger partial charge in [0.1, 0.15) is 18.2 Å². The van der Waals surface area contributed by atoms with Gasteiger partial charge in [0.05, 0.1) is 12.9 Å². The van der Waals surface area contributed by atoms with Crippen LogP contribution in [-0.2, 0) is 13.1 Å². The zero-order valence-electron chi connectivity index (χ0n) is 11.0. The van der Waals surface area contributed by atoms with Crippen LogP contribution in [0.3, 0.4) is 0 Å². The van der Waals surface area contributed by atoms with Gasteiger partial charge in [0.15, 0.2) is 0 Å². The molecule has 0 saturated carbocycles. The number of benzene rings is 1. The summed E-state index contributed by atoms with van der Waals surface area (Å²) in [6.07, 6.45) is 5.31. The maximum absolute atomic E-state index is 13.4. The number of nitrogens with zero attached hydrogens (tertiary/aromatic N) is 2. The second kappa shape index (κ2) is 6.89. The van der Waals surface area contributed by atoms with Crippen LogP contribution >= 0.6 is 0 Å². The third-order valence-corrected chi connectivity index (χ3v) is 2.69. The molecule has 5 heteroatoms. The highest BCUT2D eigenvalue weighted by Crippen LogP contribution is 2.16. The molecule has 0 aliphatic heterocycles. The summed E-state index contributed by atoms with van der Waals surface area (Å²) >= 11 is 0. The molecule has 0 radical (unpaired) electrons. The van der Waals surface area contributed by atoms with Crippen LogP contribution in [-0.4, -0.2) is 22.7 Å². The lowest BCUT2D eigenvalue weighted by Crippen LogP contribution is -2.12. The van der Waals surface area contributed by atoms with E-state index in [-0.39, 0.29) is 5.82 Å². The van der Waals surface area contributed by atoms with E-state index in [4.69, 9.17) is 4.74 Å². The summed E-state index contributed by atoms with van der Waals surface area (Å²) in [5, 5.41) is 3.16. The SMILES string of the molecule is CCNCc1cc(F)cc(OCCn2ccnc2)c1. The van der Waals surface area contributed by atoms with Crippen LogP contribution in [0.4, 0.5) is 4.39 Å². The lowest BCUT2D eigenvalue weighted by atomic mass is 10.2. The Hall–Kier alpha value is -1.88. The third-order valence-electron chi connectivity index (χ3n) is 2.69. The summed E-state index contributed by atoms with van der Waals surface area (Å²) < 4.78 is 20.9. The van der Waals surface area contributed by atoms with Crippen LogP contribution in [0.25, 0.3) is 0 Å². The molecule has 1 aromatic heterocycles. The van der Waals surface area contributed by atoms with Crippen LogP contribution in [0.5, 0.6) is 5.75 Å². The maximum Gasteiger partial charge on any atom is 0.127 e. The molecule has 2 rings (SSSR count). The average Bonchev–Trinajstić information content (AvgIpc) is 2.89. The van der Waals surface area contributed by atoms with Crippen molar-refractivity contribution >= 4 is 0 Å². The molecule has 1 aromatic carbocycles. The Bertz CT molecular complexity index is 499. The van der Waals surface area contributed by atoms with Crippen molar-refractivity contribution in [1.82, 2.24) is 14.9 Å². The van der Waals surface area contributed by atoms with Crippen molar-refractivity contribution < 1.29 is 9.13 Å². The Morgan fingerprint density at radius 2 is 2.26 bits per heavy atom. The van der Waals surface area contributed by atoms with Crippen molar-refractivity contribution in [3.63, 3.8) is 0 Å². The minimum atomic E-state index is -0.270. The van der Waals surface area contributed by atoms with Crippen molar-refractivity contribution in [2.75, 3.05) is 13.2 Å². The van der Waals surface area contributed by atoms with Gasteiger partial charge in [-0.3, -0.25) is 0 Å². The monoisotopic (exact) mass is 263 g/mol. The van der Waals surface area contributed by atoms with E-state index >= 15 is 0 Å². The summed E-state index contributed by atoms with van der Waals surface area (Å²) in [5.74, 6) is 0.293. The van der Waals surface area contributed by atoms with Crippen molar-refractivity contribution in [2.24, 2.45) is 0 Å². The molecule has 0 aliphatic rings. The molecular formula is C14H18FN3O. The first-order chi connectivity index (χ1) is 9.28. The first-order valence-corrected chi connectivity index (χ1v) is 6.36. The van der Waals surface area contributed by atoms with Crippen molar-refractivity contribution in [2.45, 2.75) is 20.0 Å². The Kier molecular flexibility index (Phi) is 4.92. The van der Waals surface area contributed by atoms with Gasteiger partial charge < -0.3 is 14.6 Å². The highest BCUT2D eigenvalue weighted by molar-refractivity contribution is 5.29. The van der Waals surface area contributed by atoms with Crippen molar-refractivity contribution in [3.8, 4) is 5.75 Å². The van der Waals surface area contributed by atoms with Crippen LogP contribution in [0.2, 0.25) is 0 Å². The van der Waals surface area contributed by atoms with Crippen molar-refractivity contribution in [1.29, 1.82) is 0 Å². The molecule has 19 heavy (non-hydrogen) atoms. The number of aromatic nitrogens is 2. The minimum absolute atomic E-state index is 0.270. The molecule has 0 fully saturated rings. The molecule has 1 N–H and O–H groups in total. The van der Waals surface area contributed by atoms with E-state index < -0.39 is 0 Å². The van der Waals surface area contributed by atoms with Crippen LogP contribution in [0.1, 0.15) is 12.5 Å². The zero-order valence-corrected chi connectivity index (χ0v) is 11.0. The molecule has 0 saturated heterocycles. The quantitative estimate of drug-likeness (QED) is 0.832. The molecule has 0 spiro atoms. The summed E-state index contributed by atoms with van der Waals surface area (Å²) in [4.78, 5) is 3.95. The fourth-order valence-corrected chi connectivity index (χ4v) is 1.76. The van der Waals surface area contributed by atoms with Crippen LogP contribution in [0, 0.1) is 5.82 Å². The van der Waals surface area contributed by atoms with Gasteiger partial charge in [-0.25, -0.2) is 9.37 Å². The normalized spacial score (nSPS) is 10.6. The molecule has 0 aliphatic carbocycles. The topological polar surface area (TPSA) is 39.1 Å². The number of ether oxygens (including phenoxy) is 1. The lowest BCUT2D eigenvalue weighted by Gasteiger charge is -2.09. The number of imidazole rings is 1. The number of hydrogen-bond donors (Lipinski definition) is 1. The van der Waals surface area contributed by atoms with Gasteiger partial charge >= 0.3 is 0 Å². The van der Waals surface area contributed by atoms with Gasteiger partial charge in [0, 0.05) is 25.0 Å². The number of halogens is 1. The first kappa shape index (κ1) is 13.5. The molecule has 0 atom stereocenters. The lowest BCUT2D eigenvalue weighted by molar-refractivity contribution is 0.296. The second-order valence-corrected chi connectivity index (χ2v) is 4.22. The molecule has 0 amide bonds. The summed E-state index contributed by atoms with van der Waals surface area (Å²) in [6, 6.07) is 4.79. The molecule has 4 nitrogen and oxygen atoms in total. The van der Waals surface area contributed by atoms with Gasteiger partial charge in [0.2, 0.25) is 0 Å². The molecule has 102 valence electrons. The predicted molar refractivity (Wildman–Crippen MR) is 71.5 cm³/mol. The Morgan fingerprint density at radius 3 is 3.00 bits per heavy atom. The molecule has 0 bridgehead atoms. The summed E-state index contributed by atoms with van der Waals surface area (Å²) in [7, 11) is 0. The Morgan fingerprint density at radius 1 is 1.37 bits per heavy atom. The third kappa shape index (κ3) is 4.37. The Balaban J connectivity index is 1.90. The van der Waals surface area contributed by atoms with Gasteiger partial charge in [0.25, 0.3) is 0 Å². The van der Waals surface area contributed by atoms with Crippen LogP contribution in [0.15, 0.2) is 36.9 Å². The van der Waals surface area contributed by atoms with E-state index in [9.17, 15) is 4.39 Å². The second-order valence-electron chi connectivity index (χ2n) is 4.22. The van der Waals surface area contributed by atoms with E-state index in [1.165, 1.54) is 12.1 Å². The smallest absolute Gasteiger partial charge is 0.127 e. The van der Waals surface area contributed by atoms with Crippen molar-refractivity contribution in [3.05, 3.63) is 48.3 Å². The number of rotatable bonds is 7. The van der Waals surface area contributed by atoms with E-state index in [0.29, 0.717) is 25.4 Å². The average molecular weight is 263 g/mol. The molecular weight excluding hydrogens is 245 g/mol. The van der Waals surface area contributed by atoms with E-state index in [1.54, 1.807) is 12.5 Å². The molecule has 1 heterocycles. The van der Waals surface area contributed by atoms with E-state index in [0.717, 1.165) is 12.1 Å². The Labute approximate surface area is 112 Å². The predicted octanol–water partition coefficient (Wildman–Crippen LogP) is 2.21. The largest absolute Gasteiger partial charge is 0.492 e.